The minimum atomic E-state index is -0.328. The Morgan fingerprint density at radius 3 is 2.59 bits per heavy atom. The third-order valence-electron chi connectivity index (χ3n) is 6.79. The number of carbonyl (C=O) groups excluding carboxylic acids is 2. The van der Waals surface area contributed by atoms with Crippen LogP contribution in [0.25, 0.3) is 0 Å². The number of halogens is 1. The third kappa shape index (κ3) is 4.14. The molecule has 2 aromatic carbocycles. The second-order valence-electron chi connectivity index (χ2n) is 8.74. The number of fused-ring (bicyclic) bond motifs is 1. The van der Waals surface area contributed by atoms with Gasteiger partial charge in [0.15, 0.2) is 0 Å². The van der Waals surface area contributed by atoms with Crippen LogP contribution in [0.2, 0.25) is 0 Å². The maximum absolute atomic E-state index is 13.6. The lowest BCUT2D eigenvalue weighted by Crippen LogP contribution is -2.51. The molecule has 0 saturated carbocycles. The van der Waals surface area contributed by atoms with Gasteiger partial charge in [0.05, 0.1) is 11.4 Å². The van der Waals surface area contributed by atoms with E-state index in [1.54, 1.807) is 12.1 Å². The summed E-state index contributed by atoms with van der Waals surface area (Å²) in [7, 11) is 0. The number of amides is 2. The van der Waals surface area contributed by atoms with Crippen LogP contribution in [0.5, 0.6) is 0 Å². The van der Waals surface area contributed by atoms with E-state index in [0.717, 1.165) is 44.0 Å². The molecule has 5 rings (SSSR count). The van der Waals surface area contributed by atoms with Crippen molar-refractivity contribution in [3.63, 3.8) is 0 Å². The van der Waals surface area contributed by atoms with Gasteiger partial charge in [-0.05, 0) is 41.3 Å². The second-order valence-corrected chi connectivity index (χ2v) is 9.23. The highest BCUT2D eigenvalue weighted by Crippen LogP contribution is 2.40. The number of benzene rings is 2. The van der Waals surface area contributed by atoms with E-state index < -0.39 is 0 Å². The molecule has 3 aliphatic rings. The fraction of sp³-hybridized carbons (Fsp3) is 0.417. The number of thiol groups is 1. The number of rotatable bonds is 4. The SMILES string of the molecule is O=C1CCC(N2Cc3c(CN4CCN(c5cccc(F)c5)CC4)cccc3C2S)C(=O)N1. The number of hydrogen-bond donors (Lipinski definition) is 2. The molecule has 0 aliphatic carbocycles. The molecular weight excluding hydrogens is 427 g/mol. The van der Waals surface area contributed by atoms with Crippen LogP contribution >= 0.6 is 12.6 Å². The van der Waals surface area contributed by atoms with E-state index in [4.69, 9.17) is 12.6 Å². The van der Waals surface area contributed by atoms with Gasteiger partial charge in [-0.2, -0.15) is 12.6 Å². The van der Waals surface area contributed by atoms with E-state index in [1.165, 1.54) is 17.2 Å². The van der Waals surface area contributed by atoms with Crippen molar-refractivity contribution in [1.82, 2.24) is 15.1 Å². The Balaban J connectivity index is 1.26. The van der Waals surface area contributed by atoms with Crippen molar-refractivity contribution in [1.29, 1.82) is 0 Å². The Labute approximate surface area is 192 Å². The highest BCUT2D eigenvalue weighted by atomic mass is 32.1. The van der Waals surface area contributed by atoms with Gasteiger partial charge in [-0.25, -0.2) is 4.39 Å². The van der Waals surface area contributed by atoms with Crippen molar-refractivity contribution in [2.45, 2.75) is 37.3 Å². The fourth-order valence-corrected chi connectivity index (χ4v) is 5.53. The van der Waals surface area contributed by atoms with Crippen molar-refractivity contribution in [2.24, 2.45) is 0 Å². The topological polar surface area (TPSA) is 55.9 Å². The largest absolute Gasteiger partial charge is 0.369 e. The highest BCUT2D eigenvalue weighted by molar-refractivity contribution is 7.80. The van der Waals surface area contributed by atoms with Gasteiger partial charge in [0.1, 0.15) is 5.82 Å². The van der Waals surface area contributed by atoms with Gasteiger partial charge in [0.2, 0.25) is 11.8 Å². The van der Waals surface area contributed by atoms with Gasteiger partial charge in [-0.1, -0.05) is 24.3 Å². The lowest BCUT2D eigenvalue weighted by atomic mass is 10.0. The molecule has 2 saturated heterocycles. The lowest BCUT2D eigenvalue weighted by molar-refractivity contribution is -0.137. The van der Waals surface area contributed by atoms with Crippen LogP contribution in [0.1, 0.15) is 34.9 Å². The van der Waals surface area contributed by atoms with Crippen LogP contribution in [0.3, 0.4) is 0 Å². The number of nitrogens with zero attached hydrogens (tertiary/aromatic N) is 3. The Kier molecular flexibility index (Phi) is 5.92. The first kappa shape index (κ1) is 21.4. The van der Waals surface area contributed by atoms with Gasteiger partial charge in [0, 0.05) is 51.4 Å². The van der Waals surface area contributed by atoms with E-state index in [1.807, 2.05) is 6.07 Å². The molecule has 2 unspecified atom stereocenters. The molecule has 8 heteroatoms. The predicted molar refractivity (Wildman–Crippen MR) is 124 cm³/mol. The molecule has 3 heterocycles. The Hall–Kier alpha value is -2.42. The average molecular weight is 455 g/mol. The molecule has 2 aromatic rings. The zero-order valence-corrected chi connectivity index (χ0v) is 18.7. The summed E-state index contributed by atoms with van der Waals surface area (Å²) < 4.78 is 13.6. The highest BCUT2D eigenvalue weighted by Gasteiger charge is 2.39. The van der Waals surface area contributed by atoms with E-state index >= 15 is 0 Å². The summed E-state index contributed by atoms with van der Waals surface area (Å²) in [5.41, 5.74) is 4.58. The van der Waals surface area contributed by atoms with Gasteiger partial charge < -0.3 is 4.90 Å². The summed E-state index contributed by atoms with van der Waals surface area (Å²) in [6.45, 7) is 5.02. The molecule has 0 bridgehead atoms. The summed E-state index contributed by atoms with van der Waals surface area (Å²) >= 11 is 4.82. The summed E-state index contributed by atoms with van der Waals surface area (Å²) in [6, 6.07) is 12.8. The molecule has 0 aromatic heterocycles. The standard InChI is InChI=1S/C24H27FN4O2S/c25-17-4-2-5-18(13-17)28-11-9-27(10-12-28)14-16-3-1-6-19-20(16)15-29(24(19)32)21-7-8-22(30)26-23(21)31/h1-6,13,21,24,32H,7-12,14-15H2,(H,26,30,31). The van der Waals surface area contributed by atoms with Crippen molar-refractivity contribution in [3.05, 3.63) is 65.0 Å². The molecule has 0 spiro atoms. The Morgan fingerprint density at radius 2 is 1.84 bits per heavy atom. The number of imide groups is 1. The van der Waals surface area contributed by atoms with Crippen LogP contribution in [0.15, 0.2) is 42.5 Å². The smallest absolute Gasteiger partial charge is 0.243 e. The fourth-order valence-electron chi connectivity index (χ4n) is 5.04. The van der Waals surface area contributed by atoms with Gasteiger partial charge in [-0.15, -0.1) is 0 Å². The first-order chi connectivity index (χ1) is 15.5. The molecule has 2 atom stereocenters. The van der Waals surface area contributed by atoms with Gasteiger partial charge in [-0.3, -0.25) is 24.7 Å². The molecular formula is C24H27FN4O2S. The summed E-state index contributed by atoms with van der Waals surface area (Å²) in [5.74, 6) is -0.619. The van der Waals surface area contributed by atoms with Crippen LogP contribution in [-0.4, -0.2) is 53.8 Å². The number of piperazine rings is 1. The summed E-state index contributed by atoms with van der Waals surface area (Å²) in [5, 5.41) is 2.31. The molecule has 2 amide bonds. The summed E-state index contributed by atoms with van der Waals surface area (Å²) in [4.78, 5) is 30.7. The number of carbonyl (C=O) groups is 2. The van der Waals surface area contributed by atoms with E-state index in [-0.39, 0.29) is 29.0 Å². The first-order valence-corrected chi connectivity index (χ1v) is 11.6. The van der Waals surface area contributed by atoms with Crippen molar-refractivity contribution >= 4 is 30.1 Å². The number of hydrogen-bond acceptors (Lipinski definition) is 6. The maximum atomic E-state index is 13.6. The van der Waals surface area contributed by atoms with Gasteiger partial charge in [0.25, 0.3) is 0 Å². The van der Waals surface area contributed by atoms with E-state index in [2.05, 4.69) is 38.2 Å². The number of piperidine rings is 1. The minimum Gasteiger partial charge on any atom is -0.369 e. The second kappa shape index (κ2) is 8.84. The molecule has 32 heavy (non-hydrogen) atoms. The molecule has 0 radical (unpaired) electrons. The molecule has 168 valence electrons. The maximum Gasteiger partial charge on any atom is 0.243 e. The first-order valence-electron chi connectivity index (χ1n) is 11.1. The van der Waals surface area contributed by atoms with Crippen LogP contribution in [0, 0.1) is 5.82 Å². The van der Waals surface area contributed by atoms with Gasteiger partial charge >= 0.3 is 0 Å². The Bertz CT molecular complexity index is 1040. The van der Waals surface area contributed by atoms with E-state index in [0.29, 0.717) is 19.4 Å². The third-order valence-corrected chi connectivity index (χ3v) is 7.37. The summed E-state index contributed by atoms with van der Waals surface area (Å²) in [6.07, 6.45) is 0.902. The number of anilines is 1. The molecule has 2 fully saturated rings. The van der Waals surface area contributed by atoms with Crippen molar-refractivity contribution in [2.75, 3.05) is 31.1 Å². The zero-order valence-electron chi connectivity index (χ0n) is 17.8. The normalized spacial score (nSPS) is 24.5. The number of nitrogens with one attached hydrogen (secondary N) is 1. The quantitative estimate of drug-likeness (QED) is 0.550. The van der Waals surface area contributed by atoms with Crippen molar-refractivity contribution in [3.8, 4) is 0 Å². The minimum absolute atomic E-state index is 0.154. The van der Waals surface area contributed by atoms with Crippen LogP contribution in [0.4, 0.5) is 10.1 Å². The molecule has 1 N–H and O–H groups in total. The predicted octanol–water partition coefficient (Wildman–Crippen LogP) is 2.70. The molecule has 3 aliphatic heterocycles. The average Bonchev–Trinajstić information content (AvgIpc) is 3.12. The van der Waals surface area contributed by atoms with Crippen molar-refractivity contribution < 1.29 is 14.0 Å². The molecule has 6 nitrogen and oxygen atoms in total. The Morgan fingerprint density at radius 1 is 1.06 bits per heavy atom. The van der Waals surface area contributed by atoms with E-state index in [9.17, 15) is 14.0 Å². The van der Waals surface area contributed by atoms with Crippen LogP contribution < -0.4 is 10.2 Å². The zero-order chi connectivity index (χ0) is 22.2. The monoisotopic (exact) mass is 454 g/mol. The lowest BCUT2D eigenvalue weighted by Gasteiger charge is -2.36. The van der Waals surface area contributed by atoms with Crippen LogP contribution in [-0.2, 0) is 22.7 Å².